The molecule has 1 saturated heterocycles. The topological polar surface area (TPSA) is 126 Å². The molecule has 0 unspecified atom stereocenters. The first kappa shape index (κ1) is 35.0. The number of likely N-dealkylation sites (tertiary alicyclic amines) is 1. The van der Waals surface area contributed by atoms with Crippen molar-refractivity contribution < 1.29 is 19.1 Å². The zero-order valence-corrected chi connectivity index (χ0v) is 29.0. The third-order valence-electron chi connectivity index (χ3n) is 8.55. The number of likely N-dealkylation sites (N-methyl/N-ethyl adjacent to an activating group) is 1. The zero-order chi connectivity index (χ0) is 34.7. The molecule has 256 valence electrons. The fourth-order valence-corrected chi connectivity index (χ4v) is 6.35. The van der Waals surface area contributed by atoms with E-state index in [1.54, 1.807) is 43.9 Å². The number of nitrogens with one attached hydrogen (secondary N) is 1. The molecule has 3 aromatic rings. The molecular formula is C34H40Cl2N6O6. The molecule has 0 bridgehead atoms. The SMILES string of the molecule is CN(CCn1c(=O)c(-c2cccc(Cl)c2Cl)cn(CC(=O)N2CCC(N3CCc4ccccc4NC3=O)CC2)c1=O)C(=O)OC(C)(C)C. The molecule has 5 rings (SSSR count). The molecule has 1 fully saturated rings. The molecule has 0 atom stereocenters. The van der Waals surface area contributed by atoms with Crippen LogP contribution in [0.5, 0.6) is 0 Å². The van der Waals surface area contributed by atoms with Gasteiger partial charge in [-0.25, -0.2) is 14.4 Å². The zero-order valence-electron chi connectivity index (χ0n) is 27.5. The highest BCUT2D eigenvalue weighted by atomic mass is 35.5. The van der Waals surface area contributed by atoms with Gasteiger partial charge in [-0.3, -0.25) is 18.7 Å². The number of hydrogen-bond acceptors (Lipinski definition) is 6. The van der Waals surface area contributed by atoms with Crippen molar-refractivity contribution in [3.63, 3.8) is 0 Å². The van der Waals surface area contributed by atoms with E-state index >= 15 is 0 Å². The number of ether oxygens (including phenoxy) is 1. The number of urea groups is 1. The maximum atomic E-state index is 13.7. The minimum Gasteiger partial charge on any atom is -0.444 e. The molecule has 14 heteroatoms. The maximum Gasteiger partial charge on any atom is 0.410 e. The van der Waals surface area contributed by atoms with Gasteiger partial charge in [0, 0.05) is 63.3 Å². The van der Waals surface area contributed by atoms with E-state index in [0.29, 0.717) is 38.0 Å². The van der Waals surface area contributed by atoms with Crippen LogP contribution in [0.25, 0.3) is 11.1 Å². The van der Waals surface area contributed by atoms with Gasteiger partial charge in [0.25, 0.3) is 5.56 Å². The Bertz CT molecular complexity index is 1830. The minimum atomic E-state index is -0.724. The van der Waals surface area contributed by atoms with Gasteiger partial charge < -0.3 is 24.8 Å². The van der Waals surface area contributed by atoms with Crippen LogP contribution in [0, 0.1) is 0 Å². The van der Waals surface area contributed by atoms with E-state index in [4.69, 9.17) is 27.9 Å². The average Bonchev–Trinajstić information content (AvgIpc) is 3.21. The summed E-state index contributed by atoms with van der Waals surface area (Å²) in [5, 5.41) is 3.36. The van der Waals surface area contributed by atoms with E-state index in [0.717, 1.165) is 22.2 Å². The Kier molecular flexibility index (Phi) is 10.5. The van der Waals surface area contributed by atoms with Gasteiger partial charge >= 0.3 is 17.8 Å². The summed E-state index contributed by atoms with van der Waals surface area (Å²) in [4.78, 5) is 71.4. The average molecular weight is 700 g/mol. The molecule has 0 radical (unpaired) electrons. The van der Waals surface area contributed by atoms with Gasteiger partial charge in [0.1, 0.15) is 12.1 Å². The van der Waals surface area contributed by atoms with E-state index in [-0.39, 0.29) is 53.2 Å². The van der Waals surface area contributed by atoms with Gasteiger partial charge in [-0.1, -0.05) is 53.5 Å². The Hall–Kier alpha value is -4.29. The van der Waals surface area contributed by atoms with Gasteiger partial charge in [0.15, 0.2) is 0 Å². The molecule has 2 aliphatic heterocycles. The molecule has 48 heavy (non-hydrogen) atoms. The monoisotopic (exact) mass is 698 g/mol. The lowest BCUT2D eigenvalue weighted by molar-refractivity contribution is -0.133. The number of anilines is 1. The third-order valence-corrected chi connectivity index (χ3v) is 9.37. The van der Waals surface area contributed by atoms with Gasteiger partial charge in [0.05, 0.1) is 15.6 Å². The number of nitrogens with zero attached hydrogens (tertiary/aromatic N) is 5. The molecular weight excluding hydrogens is 659 g/mol. The first-order chi connectivity index (χ1) is 22.7. The molecule has 4 amide bonds. The number of carbonyl (C=O) groups excluding carboxylic acids is 3. The highest BCUT2D eigenvalue weighted by Crippen LogP contribution is 2.32. The summed E-state index contributed by atoms with van der Waals surface area (Å²) < 4.78 is 7.57. The molecule has 3 heterocycles. The number of carbonyl (C=O) groups is 3. The largest absolute Gasteiger partial charge is 0.444 e. The van der Waals surface area contributed by atoms with Crippen molar-refractivity contribution in [1.82, 2.24) is 23.8 Å². The molecule has 0 saturated carbocycles. The highest BCUT2D eigenvalue weighted by molar-refractivity contribution is 6.43. The Morgan fingerprint density at radius 2 is 1.69 bits per heavy atom. The summed E-state index contributed by atoms with van der Waals surface area (Å²) >= 11 is 12.7. The lowest BCUT2D eigenvalue weighted by atomic mass is 10.0. The lowest BCUT2D eigenvalue weighted by Gasteiger charge is -2.38. The molecule has 12 nitrogen and oxygen atoms in total. The fraction of sp³-hybridized carbons (Fsp3) is 0.441. The van der Waals surface area contributed by atoms with Gasteiger partial charge in [-0.05, 0) is 57.7 Å². The summed E-state index contributed by atoms with van der Waals surface area (Å²) in [6, 6.07) is 12.4. The number of para-hydroxylation sites is 1. The van der Waals surface area contributed by atoms with Crippen molar-refractivity contribution in [1.29, 1.82) is 0 Å². The molecule has 2 aromatic carbocycles. The highest BCUT2D eigenvalue weighted by Gasteiger charge is 2.32. The summed E-state index contributed by atoms with van der Waals surface area (Å²) in [6.07, 6.45) is 2.64. The Balaban J connectivity index is 1.33. The number of rotatable bonds is 7. The van der Waals surface area contributed by atoms with E-state index in [2.05, 4.69) is 5.32 Å². The summed E-state index contributed by atoms with van der Waals surface area (Å²) in [7, 11) is 1.51. The van der Waals surface area contributed by atoms with Gasteiger partial charge in [0.2, 0.25) is 5.91 Å². The molecule has 1 N–H and O–H groups in total. The second-order valence-electron chi connectivity index (χ2n) is 13.1. The number of piperidine rings is 1. The maximum absolute atomic E-state index is 13.7. The number of halogens is 2. The normalized spacial score (nSPS) is 15.4. The number of amides is 4. The number of aromatic nitrogens is 2. The van der Waals surface area contributed by atoms with E-state index < -0.39 is 22.9 Å². The van der Waals surface area contributed by atoms with Crippen molar-refractivity contribution in [3.05, 3.63) is 85.1 Å². The van der Waals surface area contributed by atoms with Crippen molar-refractivity contribution in [2.75, 3.05) is 38.5 Å². The van der Waals surface area contributed by atoms with Crippen molar-refractivity contribution >= 4 is 46.9 Å². The number of benzene rings is 2. The summed E-state index contributed by atoms with van der Waals surface area (Å²) in [5.41, 5.74) is 0.234. The van der Waals surface area contributed by atoms with Crippen LogP contribution in [0.4, 0.5) is 15.3 Å². The molecule has 0 aliphatic carbocycles. The van der Waals surface area contributed by atoms with Crippen molar-refractivity contribution in [2.45, 2.75) is 64.8 Å². The minimum absolute atomic E-state index is 0.00654. The number of fused-ring (bicyclic) bond motifs is 1. The molecule has 2 aliphatic rings. The second-order valence-corrected chi connectivity index (χ2v) is 13.8. The quantitative estimate of drug-likeness (QED) is 0.373. The fourth-order valence-electron chi connectivity index (χ4n) is 5.95. The van der Waals surface area contributed by atoms with E-state index in [1.165, 1.54) is 22.7 Å². The van der Waals surface area contributed by atoms with Crippen LogP contribution in [0.15, 0.2) is 58.3 Å². The third kappa shape index (κ3) is 7.87. The van der Waals surface area contributed by atoms with E-state index in [1.807, 2.05) is 29.2 Å². The van der Waals surface area contributed by atoms with Crippen LogP contribution in [-0.2, 0) is 29.0 Å². The Labute approximate surface area is 288 Å². The van der Waals surface area contributed by atoms with Crippen LogP contribution in [0.2, 0.25) is 10.0 Å². The van der Waals surface area contributed by atoms with Crippen LogP contribution in [0.3, 0.4) is 0 Å². The first-order valence-corrected chi connectivity index (χ1v) is 16.6. The van der Waals surface area contributed by atoms with Crippen LogP contribution in [0.1, 0.15) is 39.2 Å². The van der Waals surface area contributed by atoms with Gasteiger partial charge in [-0.15, -0.1) is 0 Å². The van der Waals surface area contributed by atoms with Gasteiger partial charge in [-0.2, -0.15) is 0 Å². The molecule has 0 spiro atoms. The van der Waals surface area contributed by atoms with Crippen molar-refractivity contribution in [2.24, 2.45) is 0 Å². The van der Waals surface area contributed by atoms with Crippen LogP contribution in [-0.4, -0.2) is 86.7 Å². The second kappa shape index (κ2) is 14.4. The van der Waals surface area contributed by atoms with Crippen LogP contribution < -0.4 is 16.6 Å². The Morgan fingerprint density at radius 1 is 0.979 bits per heavy atom. The summed E-state index contributed by atoms with van der Waals surface area (Å²) in [6.45, 7) is 6.13. The smallest absolute Gasteiger partial charge is 0.410 e. The summed E-state index contributed by atoms with van der Waals surface area (Å²) in [5.74, 6) is -0.303. The van der Waals surface area contributed by atoms with Crippen molar-refractivity contribution in [3.8, 4) is 11.1 Å². The van der Waals surface area contributed by atoms with E-state index in [9.17, 15) is 24.0 Å². The molecule has 1 aromatic heterocycles. The predicted octanol–water partition coefficient (Wildman–Crippen LogP) is 4.93. The Morgan fingerprint density at radius 3 is 2.40 bits per heavy atom. The number of hydrogen-bond donors (Lipinski definition) is 1. The predicted molar refractivity (Wildman–Crippen MR) is 185 cm³/mol. The van der Waals surface area contributed by atoms with Crippen LogP contribution >= 0.6 is 23.2 Å². The first-order valence-electron chi connectivity index (χ1n) is 15.9. The lowest BCUT2D eigenvalue weighted by Crippen LogP contribution is -2.51. The standard InChI is InChI=1S/C34H40Cl2N6O6/c1-34(2,3)48-33(47)38(4)18-19-42-30(44)25(24-9-7-10-26(35)29(24)36)20-40(32(42)46)21-28(43)39-15-13-23(14-16-39)41-17-12-22-8-5-6-11-27(22)37-31(41)45/h5-11,20,23H,12-19,21H2,1-4H3,(H,37,45).